The van der Waals surface area contributed by atoms with Gasteiger partial charge >= 0.3 is 5.97 Å². The molecule has 0 fully saturated rings. The van der Waals surface area contributed by atoms with Crippen molar-refractivity contribution >= 4 is 11.9 Å². The lowest BCUT2D eigenvalue weighted by Gasteiger charge is -2.18. The summed E-state index contributed by atoms with van der Waals surface area (Å²) < 4.78 is 0. The van der Waals surface area contributed by atoms with Gasteiger partial charge in [0, 0.05) is 11.1 Å². The van der Waals surface area contributed by atoms with Crippen LogP contribution in [0.5, 0.6) is 0 Å². The van der Waals surface area contributed by atoms with E-state index in [1.54, 1.807) is 0 Å². The molecule has 0 rings (SSSR count). The first kappa shape index (κ1) is 15.6. The van der Waals surface area contributed by atoms with Crippen LogP contribution in [0.2, 0.25) is 0 Å². The van der Waals surface area contributed by atoms with Crippen molar-refractivity contribution in [1.82, 2.24) is 5.32 Å². The molecule has 0 saturated heterocycles. The quantitative estimate of drug-likeness (QED) is 0.606. The van der Waals surface area contributed by atoms with E-state index >= 15 is 0 Å². The van der Waals surface area contributed by atoms with Gasteiger partial charge in [0.1, 0.15) is 0 Å². The third-order valence-corrected chi connectivity index (χ3v) is 2.54. The summed E-state index contributed by atoms with van der Waals surface area (Å²) >= 11 is 0. The first-order valence-corrected chi connectivity index (χ1v) is 5.62. The van der Waals surface area contributed by atoms with Crippen molar-refractivity contribution in [2.24, 2.45) is 5.92 Å². The highest BCUT2D eigenvalue weighted by molar-refractivity contribution is 6.01. The summed E-state index contributed by atoms with van der Waals surface area (Å²) in [5, 5.41) is 20.5. The number of carbonyl (C=O) groups excluding carboxylic acids is 1. The van der Waals surface area contributed by atoms with Crippen LogP contribution in [0.25, 0.3) is 0 Å². The molecule has 5 heteroatoms. The molecule has 0 spiro atoms. The Morgan fingerprint density at radius 1 is 1.18 bits per heavy atom. The van der Waals surface area contributed by atoms with Crippen LogP contribution in [-0.2, 0) is 9.59 Å². The average molecular weight is 243 g/mol. The van der Waals surface area contributed by atoms with E-state index in [4.69, 9.17) is 10.2 Å². The smallest absolute Gasteiger partial charge is 0.331 e. The lowest BCUT2D eigenvalue weighted by Crippen LogP contribution is -2.39. The van der Waals surface area contributed by atoms with E-state index in [0.717, 1.165) is 0 Å². The molecule has 0 aliphatic heterocycles. The molecule has 3 N–H and O–H groups in total. The minimum Gasteiger partial charge on any atom is -0.478 e. The van der Waals surface area contributed by atoms with Crippen LogP contribution in [0.15, 0.2) is 11.1 Å². The van der Waals surface area contributed by atoms with Crippen LogP contribution in [0.4, 0.5) is 0 Å². The Bertz CT molecular complexity index is 320. The minimum atomic E-state index is -1.11. The maximum absolute atomic E-state index is 11.7. The Balaban J connectivity index is 4.62. The van der Waals surface area contributed by atoms with Gasteiger partial charge in [-0.15, -0.1) is 0 Å². The van der Waals surface area contributed by atoms with Gasteiger partial charge in [0.25, 0.3) is 0 Å². The fourth-order valence-corrected chi connectivity index (χ4v) is 1.37. The van der Waals surface area contributed by atoms with Gasteiger partial charge in [-0.3, -0.25) is 4.79 Å². The zero-order valence-electron chi connectivity index (χ0n) is 10.8. The summed E-state index contributed by atoms with van der Waals surface area (Å²) in [5.74, 6) is -1.20. The van der Waals surface area contributed by atoms with Gasteiger partial charge in [0.05, 0.1) is 12.6 Å². The first-order valence-electron chi connectivity index (χ1n) is 5.62. The Labute approximate surface area is 102 Å². The average Bonchev–Trinajstić information content (AvgIpc) is 2.24. The highest BCUT2D eigenvalue weighted by Crippen LogP contribution is 2.07. The molecular formula is C12H21NO4. The molecule has 0 aromatic heterocycles. The van der Waals surface area contributed by atoms with Crippen LogP contribution < -0.4 is 5.32 Å². The monoisotopic (exact) mass is 243 g/mol. The van der Waals surface area contributed by atoms with Gasteiger partial charge in [-0.25, -0.2) is 4.79 Å². The maximum atomic E-state index is 11.7. The number of carboxylic acids is 1. The molecule has 0 bridgehead atoms. The molecule has 0 aliphatic rings. The number of aliphatic hydroxyl groups is 1. The van der Waals surface area contributed by atoms with Crippen LogP contribution in [0, 0.1) is 5.92 Å². The molecule has 0 aliphatic carbocycles. The van der Waals surface area contributed by atoms with Crippen LogP contribution in [-0.4, -0.2) is 34.7 Å². The van der Waals surface area contributed by atoms with E-state index in [0.29, 0.717) is 12.3 Å². The Morgan fingerprint density at radius 3 is 2.06 bits per heavy atom. The summed E-state index contributed by atoms with van der Waals surface area (Å²) in [6.45, 7) is 6.67. The SMILES string of the molecule is CC(C(=O)O)=C(C)C(=O)NC(CO)CC(C)C. The Hall–Kier alpha value is -1.36. The normalized spacial score (nSPS) is 14.2. The number of hydrogen-bond donors (Lipinski definition) is 3. The van der Waals surface area contributed by atoms with Gasteiger partial charge in [-0.2, -0.15) is 0 Å². The van der Waals surface area contributed by atoms with E-state index in [-0.39, 0.29) is 23.8 Å². The van der Waals surface area contributed by atoms with Crippen molar-refractivity contribution in [1.29, 1.82) is 0 Å². The zero-order chi connectivity index (χ0) is 13.6. The summed E-state index contributed by atoms with van der Waals surface area (Å²) in [7, 11) is 0. The van der Waals surface area contributed by atoms with E-state index in [9.17, 15) is 9.59 Å². The second kappa shape index (κ2) is 7.06. The maximum Gasteiger partial charge on any atom is 0.331 e. The molecule has 1 atom stereocenters. The molecule has 98 valence electrons. The number of carbonyl (C=O) groups is 2. The number of aliphatic carboxylic acids is 1. The molecule has 1 unspecified atom stereocenters. The second-order valence-corrected chi connectivity index (χ2v) is 4.54. The van der Waals surface area contributed by atoms with Gasteiger partial charge in [-0.05, 0) is 26.2 Å². The molecule has 17 heavy (non-hydrogen) atoms. The van der Waals surface area contributed by atoms with Crippen molar-refractivity contribution in [3.63, 3.8) is 0 Å². The lowest BCUT2D eigenvalue weighted by atomic mass is 10.0. The third-order valence-electron chi connectivity index (χ3n) is 2.54. The Kier molecular flexibility index (Phi) is 6.50. The van der Waals surface area contributed by atoms with Crippen LogP contribution in [0.3, 0.4) is 0 Å². The number of rotatable bonds is 6. The van der Waals surface area contributed by atoms with Gasteiger partial charge < -0.3 is 15.5 Å². The highest BCUT2D eigenvalue weighted by Gasteiger charge is 2.17. The molecule has 1 amide bonds. The molecule has 0 aromatic rings. The molecule has 0 radical (unpaired) electrons. The van der Waals surface area contributed by atoms with Gasteiger partial charge in [-0.1, -0.05) is 13.8 Å². The van der Waals surface area contributed by atoms with Gasteiger partial charge in [0.15, 0.2) is 0 Å². The Morgan fingerprint density at radius 2 is 1.71 bits per heavy atom. The summed E-state index contributed by atoms with van der Waals surface area (Å²) in [6, 6.07) is -0.334. The van der Waals surface area contributed by atoms with Crippen molar-refractivity contribution in [2.45, 2.75) is 40.2 Å². The van der Waals surface area contributed by atoms with Crippen molar-refractivity contribution in [3.8, 4) is 0 Å². The summed E-state index contributed by atoms with van der Waals surface area (Å²) in [4.78, 5) is 22.4. The highest BCUT2D eigenvalue weighted by atomic mass is 16.4. The van der Waals surface area contributed by atoms with Crippen molar-refractivity contribution in [2.75, 3.05) is 6.61 Å². The number of aliphatic hydroxyl groups excluding tert-OH is 1. The molecule has 0 heterocycles. The largest absolute Gasteiger partial charge is 0.478 e. The molecular weight excluding hydrogens is 222 g/mol. The lowest BCUT2D eigenvalue weighted by molar-refractivity contribution is -0.133. The van der Waals surface area contributed by atoms with Crippen LogP contribution in [0.1, 0.15) is 34.1 Å². The predicted octanol–water partition coefficient (Wildman–Crippen LogP) is 0.931. The number of nitrogens with one attached hydrogen (secondary N) is 1. The van der Waals surface area contributed by atoms with E-state index in [1.807, 2.05) is 13.8 Å². The summed E-state index contributed by atoms with van der Waals surface area (Å²) in [5.41, 5.74) is 0.184. The summed E-state index contributed by atoms with van der Waals surface area (Å²) in [6.07, 6.45) is 0.654. The minimum absolute atomic E-state index is 0.0173. The van der Waals surface area contributed by atoms with Crippen molar-refractivity contribution in [3.05, 3.63) is 11.1 Å². The number of hydrogen-bond acceptors (Lipinski definition) is 3. The topological polar surface area (TPSA) is 86.6 Å². The van der Waals surface area contributed by atoms with E-state index in [1.165, 1.54) is 13.8 Å². The van der Waals surface area contributed by atoms with Crippen molar-refractivity contribution < 1.29 is 19.8 Å². The number of amides is 1. The second-order valence-electron chi connectivity index (χ2n) is 4.54. The molecule has 0 aromatic carbocycles. The fourth-order valence-electron chi connectivity index (χ4n) is 1.37. The van der Waals surface area contributed by atoms with Crippen LogP contribution >= 0.6 is 0 Å². The van der Waals surface area contributed by atoms with E-state index < -0.39 is 11.9 Å². The molecule has 5 nitrogen and oxygen atoms in total. The first-order chi connectivity index (χ1) is 7.79. The zero-order valence-corrected chi connectivity index (χ0v) is 10.8. The van der Waals surface area contributed by atoms with E-state index in [2.05, 4.69) is 5.32 Å². The fraction of sp³-hybridized carbons (Fsp3) is 0.667. The third kappa shape index (κ3) is 5.49. The van der Waals surface area contributed by atoms with Gasteiger partial charge in [0.2, 0.25) is 5.91 Å². The molecule has 0 saturated carbocycles. The number of carboxylic acid groups (broad SMARTS) is 1. The predicted molar refractivity (Wildman–Crippen MR) is 64.5 cm³/mol. The standard InChI is InChI=1S/C12H21NO4/c1-7(2)5-10(6-14)13-11(15)8(3)9(4)12(16)17/h7,10,14H,5-6H2,1-4H3,(H,13,15)(H,16,17).